The molecule has 5 rings (SSSR count). The molecule has 0 radical (unpaired) electrons. The highest BCUT2D eigenvalue weighted by molar-refractivity contribution is 5.95. The first kappa shape index (κ1) is 22.1. The lowest BCUT2D eigenvalue weighted by molar-refractivity contribution is 0.0846. The number of rotatable bonds is 5. The number of nitrogens with zero attached hydrogens (tertiary/aromatic N) is 2. The molecule has 2 N–H and O–H groups in total. The third-order valence-corrected chi connectivity index (χ3v) is 7.33. The average molecular weight is 455 g/mol. The Balaban J connectivity index is 1.49. The Labute approximate surface area is 192 Å². The van der Waals surface area contributed by atoms with E-state index in [1.54, 1.807) is 6.92 Å². The van der Waals surface area contributed by atoms with Gasteiger partial charge in [0.2, 0.25) is 0 Å². The topological polar surface area (TPSA) is 93.0 Å². The van der Waals surface area contributed by atoms with Crippen molar-refractivity contribution in [1.29, 1.82) is 0 Å². The van der Waals surface area contributed by atoms with Crippen molar-refractivity contribution >= 4 is 16.9 Å². The van der Waals surface area contributed by atoms with E-state index in [9.17, 15) is 4.79 Å². The van der Waals surface area contributed by atoms with E-state index in [-0.39, 0.29) is 29.6 Å². The molecule has 1 saturated heterocycles. The number of imidazole rings is 1. The maximum Gasteiger partial charge on any atom is 0.257 e. The number of aryl methyl sites for hydroxylation is 1. The lowest BCUT2D eigenvalue weighted by Gasteiger charge is -2.32. The van der Waals surface area contributed by atoms with Crippen LogP contribution >= 0.6 is 0 Å². The van der Waals surface area contributed by atoms with Gasteiger partial charge in [0.15, 0.2) is 5.82 Å². The van der Waals surface area contributed by atoms with E-state index in [0.29, 0.717) is 52.8 Å². The van der Waals surface area contributed by atoms with Crippen molar-refractivity contribution in [2.75, 3.05) is 13.2 Å². The maximum absolute atomic E-state index is 15.5. The van der Waals surface area contributed by atoms with Crippen LogP contribution < -0.4 is 5.32 Å². The van der Waals surface area contributed by atoms with Gasteiger partial charge in [0.1, 0.15) is 23.2 Å². The molecular formula is C25H31FN4O3. The first-order valence-electron chi connectivity index (χ1n) is 12.0. The summed E-state index contributed by atoms with van der Waals surface area (Å²) in [6, 6.07) is 3.44. The second kappa shape index (κ2) is 9.25. The highest BCUT2D eigenvalue weighted by Crippen LogP contribution is 2.38. The number of benzene rings is 1. The number of carbonyl (C=O) groups excluding carboxylic acids is 1. The summed E-state index contributed by atoms with van der Waals surface area (Å²) < 4.78 is 25.9. The van der Waals surface area contributed by atoms with Crippen LogP contribution in [0.5, 0.6) is 0 Å². The van der Waals surface area contributed by atoms with Crippen molar-refractivity contribution in [1.82, 2.24) is 20.4 Å². The Kier molecular flexibility index (Phi) is 6.19. The number of amides is 1. The Morgan fingerprint density at radius 2 is 2.06 bits per heavy atom. The summed E-state index contributed by atoms with van der Waals surface area (Å²) in [5.74, 6) is 1.03. The molecule has 2 fully saturated rings. The van der Waals surface area contributed by atoms with Gasteiger partial charge in [-0.2, -0.15) is 0 Å². The number of fused-ring (bicyclic) bond motifs is 1. The van der Waals surface area contributed by atoms with Gasteiger partial charge in [0, 0.05) is 13.2 Å². The molecule has 33 heavy (non-hydrogen) atoms. The van der Waals surface area contributed by atoms with Crippen molar-refractivity contribution in [2.45, 2.75) is 64.3 Å². The smallest absolute Gasteiger partial charge is 0.257 e. The lowest BCUT2D eigenvalue weighted by atomic mass is 9.78. The summed E-state index contributed by atoms with van der Waals surface area (Å²) in [4.78, 5) is 21.1. The van der Waals surface area contributed by atoms with E-state index in [2.05, 4.69) is 22.4 Å². The zero-order valence-corrected chi connectivity index (χ0v) is 19.2. The number of halogens is 1. The van der Waals surface area contributed by atoms with Gasteiger partial charge in [-0.3, -0.25) is 4.79 Å². The number of nitrogens with one attached hydrogen (secondary N) is 2. The van der Waals surface area contributed by atoms with E-state index in [1.165, 1.54) is 12.7 Å². The molecule has 176 valence electrons. The second-order valence-corrected chi connectivity index (χ2v) is 9.67. The molecular weight excluding hydrogens is 423 g/mol. The van der Waals surface area contributed by atoms with E-state index in [0.717, 1.165) is 32.1 Å². The van der Waals surface area contributed by atoms with Crippen molar-refractivity contribution in [2.24, 2.45) is 11.8 Å². The standard InChI is InChI=1S/C25H31FN4O3/c1-14-4-3-5-17(12-14)22(29-25(31)19-13-33-30-15(19)2)24-27-20-7-6-18(21(26)23(20)28-24)16-8-10-32-11-9-16/h6-7,13-14,16-17,22H,3-5,8-12H2,1-2H3,(H,27,28)(H,29,31). The van der Waals surface area contributed by atoms with Gasteiger partial charge >= 0.3 is 0 Å². The SMILES string of the molecule is Cc1nocc1C(=O)NC(c1nc2c(F)c(C3CCOCC3)ccc2[nH]1)C1CCCC(C)C1. The lowest BCUT2D eigenvalue weighted by Crippen LogP contribution is -2.36. The fourth-order valence-electron chi connectivity index (χ4n) is 5.47. The van der Waals surface area contributed by atoms with E-state index in [1.807, 2.05) is 12.1 Å². The molecule has 3 heterocycles. The Morgan fingerprint density at radius 1 is 1.24 bits per heavy atom. The minimum atomic E-state index is -0.340. The molecule has 1 aliphatic heterocycles. The van der Waals surface area contributed by atoms with E-state index >= 15 is 4.39 Å². The predicted octanol–water partition coefficient (Wildman–Crippen LogP) is 5.19. The molecule has 1 aromatic carbocycles. The quantitative estimate of drug-likeness (QED) is 0.553. The van der Waals surface area contributed by atoms with E-state index < -0.39 is 0 Å². The molecule has 3 unspecified atom stereocenters. The summed E-state index contributed by atoms with van der Waals surface area (Å²) in [5, 5.41) is 6.98. The molecule has 7 nitrogen and oxygen atoms in total. The summed E-state index contributed by atoms with van der Waals surface area (Å²) in [7, 11) is 0. The highest BCUT2D eigenvalue weighted by atomic mass is 19.1. The fourth-order valence-corrected chi connectivity index (χ4v) is 5.47. The highest BCUT2D eigenvalue weighted by Gasteiger charge is 2.33. The number of carbonyl (C=O) groups is 1. The molecule has 1 amide bonds. The Morgan fingerprint density at radius 3 is 2.79 bits per heavy atom. The minimum Gasteiger partial charge on any atom is -0.381 e. The monoisotopic (exact) mass is 454 g/mol. The molecule has 8 heteroatoms. The van der Waals surface area contributed by atoms with Gasteiger partial charge in [-0.05, 0) is 62.0 Å². The van der Waals surface area contributed by atoms with Crippen LogP contribution in [0, 0.1) is 24.6 Å². The molecule has 2 aromatic heterocycles. The Bertz CT molecular complexity index is 1130. The van der Waals surface area contributed by atoms with Crippen LogP contribution in [-0.2, 0) is 4.74 Å². The minimum absolute atomic E-state index is 0.148. The average Bonchev–Trinajstić information content (AvgIpc) is 3.45. The number of H-pyrrole nitrogens is 1. The van der Waals surface area contributed by atoms with Crippen LogP contribution in [0.4, 0.5) is 4.39 Å². The number of hydrogen-bond acceptors (Lipinski definition) is 5. The third kappa shape index (κ3) is 4.40. The summed E-state index contributed by atoms with van der Waals surface area (Å²) >= 11 is 0. The fraction of sp³-hybridized carbons (Fsp3) is 0.560. The van der Waals surface area contributed by atoms with Crippen LogP contribution in [0.25, 0.3) is 11.0 Å². The van der Waals surface area contributed by atoms with Crippen molar-refractivity contribution in [3.63, 3.8) is 0 Å². The molecule has 3 aromatic rings. The number of ether oxygens (including phenoxy) is 1. The predicted molar refractivity (Wildman–Crippen MR) is 121 cm³/mol. The first-order valence-corrected chi connectivity index (χ1v) is 12.0. The zero-order chi connectivity index (χ0) is 22.9. The third-order valence-electron chi connectivity index (χ3n) is 7.33. The van der Waals surface area contributed by atoms with Gasteiger partial charge in [-0.1, -0.05) is 31.0 Å². The molecule has 0 bridgehead atoms. The van der Waals surface area contributed by atoms with Gasteiger partial charge in [-0.15, -0.1) is 0 Å². The van der Waals surface area contributed by atoms with Gasteiger partial charge in [0.25, 0.3) is 5.91 Å². The number of hydrogen-bond donors (Lipinski definition) is 2. The van der Waals surface area contributed by atoms with Crippen LogP contribution in [0.1, 0.15) is 84.8 Å². The largest absolute Gasteiger partial charge is 0.381 e. The van der Waals surface area contributed by atoms with Crippen LogP contribution in [0.15, 0.2) is 22.9 Å². The van der Waals surface area contributed by atoms with Gasteiger partial charge in [0.05, 0.1) is 17.3 Å². The van der Waals surface area contributed by atoms with Crippen molar-refractivity contribution in [3.05, 3.63) is 46.9 Å². The zero-order valence-electron chi connectivity index (χ0n) is 19.2. The van der Waals surface area contributed by atoms with Crippen LogP contribution in [0.3, 0.4) is 0 Å². The van der Waals surface area contributed by atoms with Gasteiger partial charge in [-0.25, -0.2) is 9.37 Å². The van der Waals surface area contributed by atoms with E-state index in [4.69, 9.17) is 14.2 Å². The molecule has 2 aliphatic rings. The number of aromatic amines is 1. The first-order chi connectivity index (χ1) is 16.0. The summed E-state index contributed by atoms with van der Waals surface area (Å²) in [5.41, 5.74) is 2.66. The summed E-state index contributed by atoms with van der Waals surface area (Å²) in [6.45, 7) is 5.30. The van der Waals surface area contributed by atoms with Gasteiger partial charge < -0.3 is 19.6 Å². The molecule has 1 aliphatic carbocycles. The second-order valence-electron chi connectivity index (χ2n) is 9.67. The van der Waals surface area contributed by atoms with Crippen LogP contribution in [-0.4, -0.2) is 34.2 Å². The molecule has 0 spiro atoms. The molecule has 1 saturated carbocycles. The summed E-state index contributed by atoms with van der Waals surface area (Å²) in [6.07, 6.45) is 7.26. The van der Waals surface area contributed by atoms with Crippen molar-refractivity contribution < 1.29 is 18.4 Å². The molecule has 3 atom stereocenters. The normalized spacial score (nSPS) is 23.0. The maximum atomic E-state index is 15.5. The van der Waals surface area contributed by atoms with Crippen molar-refractivity contribution in [3.8, 4) is 0 Å². The Hall–Kier alpha value is -2.74. The number of aromatic nitrogens is 3. The van der Waals surface area contributed by atoms with Crippen LogP contribution in [0.2, 0.25) is 0 Å².